The maximum atomic E-state index is 16.8. The van der Waals surface area contributed by atoms with Gasteiger partial charge in [-0.3, -0.25) is 41.4 Å². The van der Waals surface area contributed by atoms with Gasteiger partial charge >= 0.3 is 27.4 Å². The number of ether oxygens (including phenoxy) is 4. The second kappa shape index (κ2) is 16.4. The molecule has 0 spiro atoms. The summed E-state index contributed by atoms with van der Waals surface area (Å²) in [5.41, 5.74) is 10.2. The van der Waals surface area contributed by atoms with E-state index in [1.54, 1.807) is 41.5 Å². The van der Waals surface area contributed by atoms with Crippen molar-refractivity contribution in [3.8, 4) is 0 Å². The van der Waals surface area contributed by atoms with Gasteiger partial charge in [0, 0.05) is 5.82 Å². The highest BCUT2D eigenvalue weighted by Gasteiger charge is 2.55. The number of anilines is 2. The van der Waals surface area contributed by atoms with E-state index in [2.05, 4.69) is 29.9 Å². The summed E-state index contributed by atoms with van der Waals surface area (Å²) >= 11 is 0. The van der Waals surface area contributed by atoms with Gasteiger partial charge in [-0.15, -0.1) is 0 Å². The van der Waals surface area contributed by atoms with Gasteiger partial charge in [0.2, 0.25) is 13.6 Å². The summed E-state index contributed by atoms with van der Waals surface area (Å²) in [6.07, 6.45) is -9.19. The van der Waals surface area contributed by atoms with Crippen LogP contribution in [0.25, 0.3) is 22.3 Å². The first-order chi connectivity index (χ1) is 28.2. The third-order valence-electron chi connectivity index (χ3n) is 9.22. The molecule has 0 aromatic carbocycles. The number of nitrogens with two attached hydrogens (primary N) is 2. The van der Waals surface area contributed by atoms with Crippen molar-refractivity contribution in [2.24, 2.45) is 10.8 Å². The first-order valence-corrected chi connectivity index (χ1v) is 21.2. The van der Waals surface area contributed by atoms with Crippen LogP contribution < -0.4 is 11.5 Å². The number of nitrogens with zero attached hydrogens (tertiary/aromatic N) is 8. The van der Waals surface area contributed by atoms with Gasteiger partial charge in [0.05, 0.1) is 30.1 Å². The topological polar surface area (TPSA) is 291 Å². The standard InChI is InChI=1S/C33H42F2N10O13P2/c1-32(2,3)30(46)50-14-53-59(48)8-7-16-22(18(34)28(55-16)44-12-42-20-24(36)38-10-40-26(20)44)58-60(49,54-15-51-31(47)33(4,5)6)52-9-17-23(57-59)19(35)29(56-17)45-13-43-21-25(37)39-11-41-27(21)45/h7-8,10-13,16-19,22-23,28-29H,9,14-15H2,1-6H3,(H2,36,38,40)(H2,37,39,41)/b8-7+/t16-,17-,18-,19-,22-,23-,28-,29-,59?,60?/m1/s1. The average molecular weight is 887 g/mol. The number of hydrogen-bond donors (Lipinski definition) is 2. The number of alkyl halides is 2. The fraction of sp³-hybridized carbons (Fsp3) is 0.576. The molecule has 27 heteroatoms. The van der Waals surface area contributed by atoms with E-state index in [-0.39, 0.29) is 34.0 Å². The number of halogens is 2. The van der Waals surface area contributed by atoms with Gasteiger partial charge < -0.3 is 30.4 Å². The molecule has 3 aliphatic rings. The Morgan fingerprint density at radius 1 is 0.767 bits per heavy atom. The molecule has 23 nitrogen and oxygen atoms in total. The van der Waals surface area contributed by atoms with E-state index in [4.69, 9.17) is 53.0 Å². The third kappa shape index (κ3) is 8.76. The Balaban J connectivity index is 1.27. The van der Waals surface area contributed by atoms with E-state index in [1.165, 1.54) is 21.8 Å². The molecule has 4 N–H and O–H groups in total. The van der Waals surface area contributed by atoms with Crippen molar-refractivity contribution in [3.05, 3.63) is 37.2 Å². The second-order valence-corrected chi connectivity index (χ2v) is 19.2. The molecule has 0 radical (unpaired) electrons. The number of carbonyl (C=O) groups excluding carboxylic acids is 2. The van der Waals surface area contributed by atoms with Gasteiger partial charge in [0.1, 0.15) is 48.1 Å². The molecular weight excluding hydrogens is 844 g/mol. The van der Waals surface area contributed by atoms with Gasteiger partial charge in [-0.05, 0) is 47.6 Å². The number of phosphoric ester groups is 1. The van der Waals surface area contributed by atoms with Gasteiger partial charge in [-0.1, -0.05) is 0 Å². The summed E-state index contributed by atoms with van der Waals surface area (Å²) < 4.78 is 116. The van der Waals surface area contributed by atoms with Crippen LogP contribution in [0.2, 0.25) is 0 Å². The predicted molar refractivity (Wildman–Crippen MR) is 200 cm³/mol. The molecule has 326 valence electrons. The van der Waals surface area contributed by atoms with Gasteiger partial charge in [-0.25, -0.2) is 47.8 Å². The maximum absolute atomic E-state index is 16.8. The molecular formula is C33H42F2N10O13P2. The minimum absolute atomic E-state index is 0.0201. The number of nitrogen functional groups attached to an aromatic ring is 2. The van der Waals surface area contributed by atoms with Crippen LogP contribution in [0.4, 0.5) is 20.4 Å². The van der Waals surface area contributed by atoms with Crippen LogP contribution in [0.15, 0.2) is 37.2 Å². The minimum atomic E-state index is -5.09. The van der Waals surface area contributed by atoms with Crippen LogP contribution in [0, 0.1) is 10.8 Å². The Labute approximate surface area is 339 Å². The zero-order chi connectivity index (χ0) is 43.4. The van der Waals surface area contributed by atoms with Crippen molar-refractivity contribution in [3.63, 3.8) is 0 Å². The normalized spacial score (nSPS) is 31.9. The maximum Gasteiger partial charge on any atom is 0.478 e. The Kier molecular flexibility index (Phi) is 11.9. The number of esters is 2. The Hall–Kier alpha value is -4.58. The molecule has 4 aromatic heterocycles. The number of hydrogen-bond acceptors (Lipinski definition) is 21. The van der Waals surface area contributed by atoms with E-state index in [1.807, 2.05) is 0 Å². The highest BCUT2D eigenvalue weighted by Crippen LogP contribution is 2.58. The number of phosphoric acid groups is 1. The lowest BCUT2D eigenvalue weighted by molar-refractivity contribution is -0.161. The van der Waals surface area contributed by atoms with Crippen molar-refractivity contribution in [1.29, 1.82) is 0 Å². The van der Waals surface area contributed by atoms with Crippen LogP contribution in [0.3, 0.4) is 0 Å². The summed E-state index contributed by atoms with van der Waals surface area (Å²) in [7, 11) is -9.87. The largest absolute Gasteiger partial charge is 0.478 e. The zero-order valence-corrected chi connectivity index (χ0v) is 34.7. The first-order valence-electron chi connectivity index (χ1n) is 18.2. The van der Waals surface area contributed by atoms with Crippen molar-refractivity contribution in [1.82, 2.24) is 39.0 Å². The van der Waals surface area contributed by atoms with Crippen LogP contribution >= 0.6 is 15.4 Å². The van der Waals surface area contributed by atoms with Crippen LogP contribution in [-0.4, -0.2) is 108 Å². The van der Waals surface area contributed by atoms with Crippen LogP contribution in [0.5, 0.6) is 0 Å². The summed E-state index contributed by atoms with van der Waals surface area (Å²) in [5, 5.41) is 0. The molecule has 10 atom stereocenters. The molecule has 3 aliphatic heterocycles. The number of carbonyl (C=O) groups is 2. The summed E-state index contributed by atoms with van der Waals surface area (Å²) in [6.45, 7) is 6.54. The second-order valence-electron chi connectivity index (χ2n) is 15.7. The lowest BCUT2D eigenvalue weighted by Gasteiger charge is -2.28. The van der Waals surface area contributed by atoms with Crippen molar-refractivity contribution >= 4 is 61.3 Å². The van der Waals surface area contributed by atoms with Crippen molar-refractivity contribution in [2.75, 3.05) is 31.7 Å². The van der Waals surface area contributed by atoms with Gasteiger partial charge in [0.25, 0.3) is 0 Å². The summed E-state index contributed by atoms with van der Waals surface area (Å²) in [6, 6.07) is 0. The van der Waals surface area contributed by atoms with E-state index in [9.17, 15) is 18.7 Å². The quantitative estimate of drug-likeness (QED) is 0.143. The predicted octanol–water partition coefficient (Wildman–Crippen LogP) is 4.04. The SMILES string of the molecule is CC(C)(C)C(=O)OCOP1(=O)/C=C/[C@H]2O[C@@H](n3cnc4c(N)ncnc43)[C@H](F)[C@@H]2OP(=O)(OCOC(=O)C(C)(C)C)OC[C@H]2O[C@@H](n3cnc4c(N)ncnc43)[C@H](F)[C@@H]2O1. The molecule has 7 rings (SSSR count). The molecule has 7 heterocycles. The van der Waals surface area contributed by atoms with E-state index in [0.29, 0.717) is 0 Å². The van der Waals surface area contributed by atoms with E-state index >= 15 is 8.78 Å². The van der Waals surface area contributed by atoms with Gasteiger partial charge in [0.15, 0.2) is 47.7 Å². The number of imidazole rings is 2. The minimum Gasteiger partial charge on any atom is -0.438 e. The number of aromatic nitrogens is 8. The highest BCUT2D eigenvalue weighted by atomic mass is 31.2. The van der Waals surface area contributed by atoms with E-state index < -0.39 is 108 Å². The molecule has 2 unspecified atom stereocenters. The summed E-state index contributed by atoms with van der Waals surface area (Å²) in [5.74, 6) is -0.726. The molecule has 0 aliphatic carbocycles. The Morgan fingerprint density at radius 2 is 1.28 bits per heavy atom. The van der Waals surface area contributed by atoms with Gasteiger partial charge in [-0.2, -0.15) is 0 Å². The van der Waals surface area contributed by atoms with Crippen LogP contribution in [0.1, 0.15) is 54.0 Å². The Morgan fingerprint density at radius 3 is 1.83 bits per heavy atom. The van der Waals surface area contributed by atoms with Crippen LogP contribution in [-0.2, 0) is 60.3 Å². The van der Waals surface area contributed by atoms with E-state index in [0.717, 1.165) is 24.5 Å². The zero-order valence-electron chi connectivity index (χ0n) is 32.9. The molecule has 2 saturated heterocycles. The number of rotatable bonds is 8. The van der Waals surface area contributed by atoms with Crippen molar-refractivity contribution in [2.45, 2.75) is 90.8 Å². The average Bonchev–Trinajstić information content (AvgIpc) is 3.94. The Bertz CT molecular complexity index is 2390. The number of fused-ring (bicyclic) bond motifs is 4. The monoisotopic (exact) mass is 886 g/mol. The smallest absolute Gasteiger partial charge is 0.438 e. The van der Waals surface area contributed by atoms with Crippen molar-refractivity contribution < 1.29 is 69.1 Å². The molecule has 4 aromatic rings. The molecule has 0 bridgehead atoms. The lowest BCUT2D eigenvalue weighted by Crippen LogP contribution is -2.35. The molecule has 0 saturated carbocycles. The molecule has 0 amide bonds. The molecule has 2 fully saturated rings. The lowest BCUT2D eigenvalue weighted by atomic mass is 9.98. The summed E-state index contributed by atoms with van der Waals surface area (Å²) in [4.78, 5) is 49.5. The third-order valence-corrected chi connectivity index (χ3v) is 12.1. The first kappa shape index (κ1) is 43.5. The fourth-order valence-corrected chi connectivity index (χ4v) is 8.68. The fourth-order valence-electron chi connectivity index (χ4n) is 6.05. The highest BCUT2D eigenvalue weighted by molar-refractivity contribution is 7.57. The molecule has 60 heavy (non-hydrogen) atoms.